The first-order valence-electron chi connectivity index (χ1n) is 5.22. The molecule has 0 spiro atoms. The van der Waals surface area contributed by atoms with Gasteiger partial charge in [0, 0.05) is 14.1 Å². The third kappa shape index (κ3) is 2.29. The van der Waals surface area contributed by atoms with E-state index in [2.05, 4.69) is 5.10 Å². The Hall–Kier alpha value is -2.06. The number of nitrogens with zero attached hydrogens (tertiary/aromatic N) is 5. The number of halogens is 1. The van der Waals surface area contributed by atoms with Gasteiger partial charge >= 0.3 is 11.7 Å². The fourth-order valence-electron chi connectivity index (χ4n) is 1.17. The van der Waals surface area contributed by atoms with E-state index in [4.69, 9.17) is 5.84 Å². The van der Waals surface area contributed by atoms with E-state index in [-0.39, 0.29) is 11.1 Å². The van der Waals surface area contributed by atoms with E-state index in [1.807, 2.05) is 0 Å². The highest BCUT2D eigenvalue weighted by molar-refractivity contribution is 5.75. The molecule has 0 aromatic carbocycles. The zero-order valence-corrected chi connectivity index (χ0v) is 11.0. The highest BCUT2D eigenvalue weighted by atomic mass is 19.2. The average Bonchev–Trinajstić information content (AvgIpc) is 2.53. The summed E-state index contributed by atoms with van der Waals surface area (Å²) in [4.78, 5) is 24.9. The molecule has 102 valence electrons. The molecule has 0 aliphatic carbocycles. The number of rotatable bonds is 1. The molecular formula is C9H17FN6O2. The van der Waals surface area contributed by atoms with Gasteiger partial charge in [-0.1, -0.05) is 4.48 Å². The predicted octanol–water partition coefficient (Wildman–Crippen LogP) is -0.222. The Balaban J connectivity index is 3.24. The van der Waals surface area contributed by atoms with Crippen molar-refractivity contribution in [3.63, 3.8) is 0 Å². The number of amides is 1. The van der Waals surface area contributed by atoms with E-state index in [0.717, 1.165) is 0 Å². The predicted molar refractivity (Wildman–Crippen MR) is 64.5 cm³/mol. The Morgan fingerprint density at radius 2 is 1.89 bits per heavy atom. The molecule has 1 heterocycles. The number of carbonyl (C=O) groups is 1. The molecule has 1 rings (SSSR count). The highest BCUT2D eigenvalue weighted by Crippen LogP contribution is 2.14. The standard InChI is InChI=1S/C9H17FN6O2/c1-9(2,3)16(10)8(18)15-7(17)14(11)6(12-15)13(4)5/h11H2,1-5H3. The van der Waals surface area contributed by atoms with Crippen molar-refractivity contribution in [1.29, 1.82) is 0 Å². The van der Waals surface area contributed by atoms with Crippen LogP contribution in [0.3, 0.4) is 0 Å². The fraction of sp³-hybridized carbons (Fsp3) is 0.667. The van der Waals surface area contributed by atoms with E-state index >= 15 is 0 Å². The number of nitrogens with two attached hydrogens (primary N) is 1. The van der Waals surface area contributed by atoms with Gasteiger partial charge in [-0.3, -0.25) is 0 Å². The molecule has 1 aromatic rings. The maximum atomic E-state index is 13.7. The third-order valence-electron chi connectivity index (χ3n) is 2.13. The van der Waals surface area contributed by atoms with Crippen molar-refractivity contribution in [1.82, 2.24) is 19.6 Å². The van der Waals surface area contributed by atoms with E-state index in [0.29, 0.717) is 9.36 Å². The summed E-state index contributed by atoms with van der Waals surface area (Å²) >= 11 is 0. The number of carbonyl (C=O) groups excluding carboxylic acids is 1. The van der Waals surface area contributed by atoms with Gasteiger partial charge in [0.05, 0.1) is 5.54 Å². The molecule has 9 heteroatoms. The molecule has 0 bridgehead atoms. The molecule has 0 radical (unpaired) electrons. The first kappa shape index (κ1) is 14.0. The van der Waals surface area contributed by atoms with Crippen LogP contribution in [-0.4, -0.2) is 45.2 Å². The Morgan fingerprint density at radius 3 is 2.22 bits per heavy atom. The van der Waals surface area contributed by atoms with E-state index in [1.54, 1.807) is 14.1 Å². The topological polar surface area (TPSA) is 89.4 Å². The zero-order chi connectivity index (χ0) is 14.2. The van der Waals surface area contributed by atoms with Gasteiger partial charge in [-0.2, -0.15) is 9.80 Å². The van der Waals surface area contributed by atoms with Gasteiger partial charge in [0.25, 0.3) is 0 Å². The molecule has 8 nitrogen and oxygen atoms in total. The summed E-state index contributed by atoms with van der Waals surface area (Å²) in [7, 11) is 3.19. The summed E-state index contributed by atoms with van der Waals surface area (Å²) in [5, 5.41) is 3.61. The van der Waals surface area contributed by atoms with Crippen LogP contribution in [0, 0.1) is 0 Å². The van der Waals surface area contributed by atoms with E-state index in [1.165, 1.54) is 25.7 Å². The molecular weight excluding hydrogens is 243 g/mol. The number of hydrogen-bond donors (Lipinski definition) is 1. The molecule has 1 aromatic heterocycles. The molecule has 0 aliphatic heterocycles. The largest absolute Gasteiger partial charge is 0.377 e. The van der Waals surface area contributed by atoms with Gasteiger partial charge in [-0.05, 0) is 20.8 Å². The van der Waals surface area contributed by atoms with Crippen molar-refractivity contribution >= 4 is 12.0 Å². The third-order valence-corrected chi connectivity index (χ3v) is 2.13. The van der Waals surface area contributed by atoms with Crippen LogP contribution in [0.5, 0.6) is 0 Å². The van der Waals surface area contributed by atoms with Crippen LogP contribution in [0.2, 0.25) is 0 Å². The minimum atomic E-state index is -1.18. The first-order valence-corrected chi connectivity index (χ1v) is 5.22. The monoisotopic (exact) mass is 260 g/mol. The Bertz CT molecular complexity index is 512. The summed E-state index contributed by atoms with van der Waals surface area (Å²) in [5.41, 5.74) is -1.98. The normalized spacial score (nSPS) is 11.4. The van der Waals surface area contributed by atoms with Crippen LogP contribution in [0.1, 0.15) is 20.8 Å². The van der Waals surface area contributed by atoms with Crippen LogP contribution in [-0.2, 0) is 0 Å². The van der Waals surface area contributed by atoms with Crippen molar-refractivity contribution in [2.45, 2.75) is 26.3 Å². The van der Waals surface area contributed by atoms with Crippen molar-refractivity contribution in [2.24, 2.45) is 0 Å². The molecule has 0 saturated heterocycles. The van der Waals surface area contributed by atoms with Gasteiger partial charge in [-0.15, -0.1) is 9.78 Å². The van der Waals surface area contributed by atoms with Crippen molar-refractivity contribution in [3.05, 3.63) is 10.5 Å². The second-order valence-corrected chi connectivity index (χ2v) is 4.99. The fourth-order valence-corrected chi connectivity index (χ4v) is 1.17. The first-order chi connectivity index (χ1) is 8.07. The highest BCUT2D eigenvalue weighted by Gasteiger charge is 2.31. The SMILES string of the molecule is CN(C)c1nn(C(=O)N(F)C(C)(C)C)c(=O)n1N. The van der Waals surface area contributed by atoms with Crippen molar-refractivity contribution in [3.8, 4) is 0 Å². The van der Waals surface area contributed by atoms with Crippen molar-refractivity contribution in [2.75, 3.05) is 24.8 Å². The molecule has 0 atom stereocenters. The Labute approximate surface area is 103 Å². The number of hydrogen-bond acceptors (Lipinski definition) is 5. The number of anilines is 1. The molecule has 0 aliphatic rings. The summed E-state index contributed by atoms with van der Waals surface area (Å²) < 4.78 is 14.8. The molecule has 0 fully saturated rings. The number of nitrogen functional groups attached to an aromatic ring is 1. The minimum absolute atomic E-state index is 0.0515. The molecule has 1 amide bonds. The average molecular weight is 260 g/mol. The van der Waals surface area contributed by atoms with Gasteiger partial charge in [-0.25, -0.2) is 9.59 Å². The quantitative estimate of drug-likeness (QED) is 0.557. The van der Waals surface area contributed by atoms with Crippen molar-refractivity contribution < 1.29 is 9.28 Å². The lowest BCUT2D eigenvalue weighted by Gasteiger charge is -2.25. The zero-order valence-electron chi connectivity index (χ0n) is 11.0. The maximum absolute atomic E-state index is 13.7. The Kier molecular flexibility index (Phi) is 3.36. The lowest BCUT2D eigenvalue weighted by molar-refractivity contribution is -0.0121. The van der Waals surface area contributed by atoms with E-state index < -0.39 is 17.3 Å². The summed E-state index contributed by atoms with van der Waals surface area (Å²) in [5.74, 6) is 5.49. The second kappa shape index (κ2) is 4.31. The second-order valence-electron chi connectivity index (χ2n) is 4.99. The van der Waals surface area contributed by atoms with Gasteiger partial charge in [0.2, 0.25) is 5.95 Å². The summed E-state index contributed by atoms with van der Waals surface area (Å²) in [6.07, 6.45) is 0. The molecule has 0 saturated carbocycles. The minimum Gasteiger partial charge on any atom is -0.346 e. The molecule has 2 N–H and O–H groups in total. The van der Waals surface area contributed by atoms with Crippen LogP contribution in [0.15, 0.2) is 4.79 Å². The lowest BCUT2D eigenvalue weighted by atomic mass is 10.1. The van der Waals surface area contributed by atoms with Crippen LogP contribution in [0.4, 0.5) is 15.2 Å². The smallest absolute Gasteiger partial charge is 0.346 e. The van der Waals surface area contributed by atoms with Gasteiger partial charge in [0.1, 0.15) is 0 Å². The maximum Gasteiger partial charge on any atom is 0.377 e. The number of aromatic nitrogens is 3. The molecule has 18 heavy (non-hydrogen) atoms. The van der Waals surface area contributed by atoms with Crippen LogP contribution >= 0.6 is 0 Å². The van der Waals surface area contributed by atoms with Gasteiger partial charge in [0.15, 0.2) is 0 Å². The molecule has 0 unspecified atom stereocenters. The van der Waals surface area contributed by atoms with Gasteiger partial charge < -0.3 is 10.7 Å². The summed E-state index contributed by atoms with van der Waals surface area (Å²) in [6.45, 7) is 4.46. The van der Waals surface area contributed by atoms with Crippen LogP contribution in [0.25, 0.3) is 0 Å². The Morgan fingerprint density at radius 1 is 1.39 bits per heavy atom. The lowest BCUT2D eigenvalue weighted by Crippen LogP contribution is -2.46. The van der Waals surface area contributed by atoms with E-state index in [9.17, 15) is 14.1 Å². The van der Waals surface area contributed by atoms with Crippen LogP contribution < -0.4 is 16.4 Å². The summed E-state index contributed by atoms with van der Waals surface area (Å²) in [6, 6.07) is -1.18.